The first-order valence-electron chi connectivity index (χ1n) is 7.57. The Kier molecular flexibility index (Phi) is 3.85. The van der Waals surface area contributed by atoms with Crippen LogP contribution in [-0.4, -0.2) is 30.1 Å². The molecule has 2 N–H and O–H groups in total. The van der Waals surface area contributed by atoms with E-state index in [9.17, 15) is 14.3 Å². The second-order valence-electron chi connectivity index (χ2n) is 6.06. The van der Waals surface area contributed by atoms with Crippen LogP contribution in [0.15, 0.2) is 18.2 Å². The fourth-order valence-electron chi connectivity index (χ4n) is 3.52. The number of rotatable bonds is 2. The number of aliphatic hydroxyl groups is 1. The molecule has 2 aliphatic heterocycles. The second kappa shape index (κ2) is 5.64. The van der Waals surface area contributed by atoms with Gasteiger partial charge < -0.3 is 15.3 Å². The molecule has 2 fully saturated rings. The van der Waals surface area contributed by atoms with Crippen LogP contribution in [-0.2, 0) is 4.79 Å². The predicted octanol–water partition coefficient (Wildman–Crippen LogP) is 1.98. The normalized spacial score (nSPS) is 27.0. The lowest BCUT2D eigenvalue weighted by Crippen LogP contribution is -2.54. The zero-order chi connectivity index (χ0) is 15.0. The van der Waals surface area contributed by atoms with E-state index in [1.807, 2.05) is 4.90 Å². The van der Waals surface area contributed by atoms with Crippen molar-refractivity contribution in [3.8, 4) is 0 Å². The number of carbonyl (C=O) groups excluding carboxylic acids is 1. The third-order valence-electron chi connectivity index (χ3n) is 4.61. The van der Waals surface area contributed by atoms with E-state index in [1.165, 1.54) is 6.07 Å². The number of amides is 1. The molecule has 0 aliphatic carbocycles. The topological polar surface area (TPSA) is 52.6 Å². The van der Waals surface area contributed by atoms with Crippen LogP contribution in [0, 0.1) is 11.7 Å². The summed E-state index contributed by atoms with van der Waals surface area (Å²) in [4.78, 5) is 13.5. The number of hydrogen-bond donors (Lipinski definition) is 2. The lowest BCUT2D eigenvalue weighted by atomic mass is 9.84. The molecular formula is C16H21FN2O2. The maximum atomic E-state index is 14.3. The molecule has 0 bridgehead atoms. The summed E-state index contributed by atoms with van der Waals surface area (Å²) in [7, 11) is 0. The van der Waals surface area contributed by atoms with Crippen LogP contribution < -0.4 is 10.2 Å². The van der Waals surface area contributed by atoms with Crippen LogP contribution in [0.2, 0.25) is 0 Å². The number of para-hydroxylation sites is 1. The molecular weight excluding hydrogens is 271 g/mol. The van der Waals surface area contributed by atoms with E-state index < -0.39 is 6.10 Å². The molecule has 5 heteroatoms. The number of nitrogens with one attached hydrogen (secondary N) is 1. The Morgan fingerprint density at radius 1 is 1.43 bits per heavy atom. The number of fused-ring (bicyclic) bond motifs is 1. The summed E-state index contributed by atoms with van der Waals surface area (Å²) in [6.45, 7) is 3.08. The number of nitrogens with zero attached hydrogens (tertiary/aromatic N) is 1. The third kappa shape index (κ3) is 2.75. The molecule has 114 valence electrons. The summed E-state index contributed by atoms with van der Waals surface area (Å²) < 4.78 is 14.3. The maximum Gasteiger partial charge on any atom is 0.220 e. The van der Waals surface area contributed by atoms with Crippen LogP contribution in [0.25, 0.3) is 0 Å². The molecule has 2 saturated heterocycles. The van der Waals surface area contributed by atoms with E-state index in [1.54, 1.807) is 19.1 Å². The van der Waals surface area contributed by atoms with Crippen LogP contribution in [0.1, 0.15) is 37.9 Å². The molecule has 1 aromatic rings. The van der Waals surface area contributed by atoms with Gasteiger partial charge in [0.25, 0.3) is 0 Å². The fourth-order valence-corrected chi connectivity index (χ4v) is 3.52. The van der Waals surface area contributed by atoms with Gasteiger partial charge in [-0.1, -0.05) is 12.1 Å². The molecule has 4 nitrogen and oxygen atoms in total. The molecule has 2 aliphatic rings. The lowest BCUT2D eigenvalue weighted by molar-refractivity contribution is -0.124. The Balaban J connectivity index is 1.84. The van der Waals surface area contributed by atoms with E-state index >= 15 is 0 Å². The summed E-state index contributed by atoms with van der Waals surface area (Å²) >= 11 is 0. The van der Waals surface area contributed by atoms with E-state index in [4.69, 9.17) is 0 Å². The SMILES string of the molecule is C[C@@H](O)c1cccc(F)c1N1CCC2NC(=O)CCC2C1. The molecule has 2 heterocycles. The van der Waals surface area contributed by atoms with Crippen molar-refractivity contribution in [1.29, 1.82) is 0 Å². The Hall–Kier alpha value is -1.62. The molecule has 3 rings (SSSR count). The predicted molar refractivity (Wildman–Crippen MR) is 78.5 cm³/mol. The monoisotopic (exact) mass is 292 g/mol. The zero-order valence-corrected chi connectivity index (χ0v) is 12.2. The highest BCUT2D eigenvalue weighted by Gasteiger charge is 2.35. The van der Waals surface area contributed by atoms with Gasteiger partial charge in [0.05, 0.1) is 11.8 Å². The molecule has 21 heavy (non-hydrogen) atoms. The Bertz CT molecular complexity index is 547. The number of carbonyl (C=O) groups is 1. The molecule has 0 aromatic heterocycles. The van der Waals surface area contributed by atoms with Crippen molar-refractivity contribution in [2.75, 3.05) is 18.0 Å². The first kappa shape index (κ1) is 14.3. The van der Waals surface area contributed by atoms with Gasteiger partial charge in [0.1, 0.15) is 5.82 Å². The zero-order valence-electron chi connectivity index (χ0n) is 12.2. The minimum absolute atomic E-state index is 0.125. The van der Waals surface area contributed by atoms with Gasteiger partial charge in [0.2, 0.25) is 5.91 Å². The van der Waals surface area contributed by atoms with E-state index in [2.05, 4.69) is 5.32 Å². The van der Waals surface area contributed by atoms with Crippen molar-refractivity contribution in [3.05, 3.63) is 29.6 Å². The van der Waals surface area contributed by atoms with Crippen molar-refractivity contribution in [2.45, 2.75) is 38.3 Å². The quantitative estimate of drug-likeness (QED) is 0.876. The highest BCUT2D eigenvalue weighted by Crippen LogP contribution is 2.34. The van der Waals surface area contributed by atoms with Crippen molar-refractivity contribution in [1.82, 2.24) is 5.32 Å². The number of benzene rings is 1. The van der Waals surface area contributed by atoms with Crippen LogP contribution >= 0.6 is 0 Å². The largest absolute Gasteiger partial charge is 0.389 e. The van der Waals surface area contributed by atoms with Gasteiger partial charge in [0.15, 0.2) is 0 Å². The van der Waals surface area contributed by atoms with E-state index in [0.29, 0.717) is 30.1 Å². The lowest BCUT2D eigenvalue weighted by Gasteiger charge is -2.43. The van der Waals surface area contributed by atoms with Gasteiger partial charge >= 0.3 is 0 Å². The maximum absolute atomic E-state index is 14.3. The van der Waals surface area contributed by atoms with Crippen molar-refractivity contribution in [2.24, 2.45) is 5.92 Å². The van der Waals surface area contributed by atoms with Gasteiger partial charge in [0, 0.05) is 31.1 Å². The summed E-state index contributed by atoms with van der Waals surface area (Å²) in [5.74, 6) is 0.199. The van der Waals surface area contributed by atoms with Crippen LogP contribution in [0.4, 0.5) is 10.1 Å². The van der Waals surface area contributed by atoms with Gasteiger partial charge in [-0.05, 0) is 31.7 Å². The summed E-state index contributed by atoms with van der Waals surface area (Å²) in [6.07, 6.45) is 1.53. The summed E-state index contributed by atoms with van der Waals surface area (Å²) in [6, 6.07) is 5.06. The molecule has 1 aromatic carbocycles. The Morgan fingerprint density at radius 2 is 2.24 bits per heavy atom. The Morgan fingerprint density at radius 3 is 3.00 bits per heavy atom. The van der Waals surface area contributed by atoms with E-state index in [0.717, 1.165) is 19.4 Å². The minimum Gasteiger partial charge on any atom is -0.389 e. The molecule has 2 unspecified atom stereocenters. The number of aliphatic hydroxyl groups excluding tert-OH is 1. The summed E-state index contributed by atoms with van der Waals surface area (Å²) in [5.41, 5.74) is 1.15. The average molecular weight is 292 g/mol. The number of anilines is 1. The standard InChI is InChI=1S/C16H21FN2O2/c1-10(20)12-3-2-4-13(17)16(12)19-8-7-14-11(9-19)5-6-15(21)18-14/h2-4,10-11,14,20H,5-9H2,1H3,(H,18,21)/t10-,11?,14?/m1/s1. The molecule has 0 radical (unpaired) electrons. The number of hydrogen-bond acceptors (Lipinski definition) is 3. The minimum atomic E-state index is -0.695. The Labute approximate surface area is 124 Å². The highest BCUT2D eigenvalue weighted by molar-refractivity contribution is 5.77. The van der Waals surface area contributed by atoms with Gasteiger partial charge in [-0.25, -0.2) is 4.39 Å². The van der Waals surface area contributed by atoms with Crippen LogP contribution in [0.5, 0.6) is 0 Å². The highest BCUT2D eigenvalue weighted by atomic mass is 19.1. The summed E-state index contributed by atoms with van der Waals surface area (Å²) in [5, 5.41) is 12.9. The second-order valence-corrected chi connectivity index (χ2v) is 6.06. The van der Waals surface area contributed by atoms with Gasteiger partial charge in [-0.2, -0.15) is 0 Å². The van der Waals surface area contributed by atoms with Crippen molar-refractivity contribution >= 4 is 11.6 Å². The van der Waals surface area contributed by atoms with Crippen molar-refractivity contribution < 1.29 is 14.3 Å². The molecule has 0 spiro atoms. The molecule has 1 amide bonds. The first-order valence-corrected chi connectivity index (χ1v) is 7.57. The van der Waals surface area contributed by atoms with Crippen molar-refractivity contribution in [3.63, 3.8) is 0 Å². The average Bonchev–Trinajstić information content (AvgIpc) is 2.46. The smallest absolute Gasteiger partial charge is 0.220 e. The number of halogens is 1. The molecule has 3 atom stereocenters. The first-order chi connectivity index (χ1) is 10.1. The van der Waals surface area contributed by atoms with Crippen LogP contribution in [0.3, 0.4) is 0 Å². The third-order valence-corrected chi connectivity index (χ3v) is 4.61. The fraction of sp³-hybridized carbons (Fsp3) is 0.562. The van der Waals surface area contributed by atoms with Gasteiger partial charge in [-0.15, -0.1) is 0 Å². The molecule has 0 saturated carbocycles. The van der Waals surface area contributed by atoms with E-state index in [-0.39, 0.29) is 17.8 Å². The number of piperidine rings is 2. The van der Waals surface area contributed by atoms with Gasteiger partial charge in [-0.3, -0.25) is 4.79 Å².